The molecule has 1 fully saturated rings. The minimum atomic E-state index is -3.41. The lowest BCUT2D eigenvalue weighted by molar-refractivity contribution is 0.162. The molecule has 1 heterocycles. The van der Waals surface area contributed by atoms with Crippen molar-refractivity contribution in [3.05, 3.63) is 48.3 Å². The average Bonchev–Trinajstić information content (AvgIpc) is 2.56. The molecule has 0 radical (unpaired) electrons. The zero-order valence-corrected chi connectivity index (χ0v) is 15.5. The van der Waals surface area contributed by atoms with Crippen molar-refractivity contribution in [2.45, 2.75) is 23.8 Å². The van der Waals surface area contributed by atoms with Gasteiger partial charge in [-0.15, -0.1) is 12.4 Å². The zero-order valence-electron chi connectivity index (χ0n) is 13.9. The maximum Gasteiger partial charge on any atom is 0.175 e. The Morgan fingerprint density at radius 1 is 1.08 bits per heavy atom. The Hall–Kier alpha value is -1.63. The molecule has 0 unspecified atom stereocenters. The predicted octanol–water partition coefficient (Wildman–Crippen LogP) is 3.45. The molecule has 1 aliphatic rings. The second-order valence-electron chi connectivity index (χ2n) is 6.01. The van der Waals surface area contributed by atoms with E-state index in [1.54, 1.807) is 12.1 Å². The molecule has 1 aliphatic heterocycles. The van der Waals surface area contributed by atoms with Gasteiger partial charge < -0.3 is 10.1 Å². The number of halogens is 2. The summed E-state index contributed by atoms with van der Waals surface area (Å²) in [5.74, 6) is 0.212. The first kappa shape index (κ1) is 19.7. The van der Waals surface area contributed by atoms with E-state index in [9.17, 15) is 12.8 Å². The van der Waals surface area contributed by atoms with Crippen LogP contribution in [0, 0.1) is 5.82 Å². The number of ether oxygens (including phenoxy) is 1. The van der Waals surface area contributed by atoms with Crippen LogP contribution in [0.25, 0.3) is 11.1 Å². The Kier molecular flexibility index (Phi) is 6.43. The third-order valence-electron chi connectivity index (χ3n) is 4.12. The molecule has 2 aromatic carbocycles. The monoisotopic (exact) mass is 385 g/mol. The lowest BCUT2D eigenvalue weighted by Gasteiger charge is -2.23. The van der Waals surface area contributed by atoms with Crippen molar-refractivity contribution in [2.75, 3.05) is 19.3 Å². The van der Waals surface area contributed by atoms with Gasteiger partial charge in [-0.05, 0) is 55.8 Å². The van der Waals surface area contributed by atoms with Gasteiger partial charge in [-0.3, -0.25) is 0 Å². The third kappa shape index (κ3) is 4.93. The summed E-state index contributed by atoms with van der Waals surface area (Å²) in [6.07, 6.45) is 3.23. The fourth-order valence-electron chi connectivity index (χ4n) is 2.78. The van der Waals surface area contributed by atoms with Crippen LogP contribution in [0.2, 0.25) is 0 Å². The van der Waals surface area contributed by atoms with E-state index in [1.807, 2.05) is 12.1 Å². The second-order valence-corrected chi connectivity index (χ2v) is 8.02. The summed E-state index contributed by atoms with van der Waals surface area (Å²) in [7, 11) is -3.41. The van der Waals surface area contributed by atoms with E-state index in [4.69, 9.17) is 4.74 Å². The highest BCUT2D eigenvalue weighted by Crippen LogP contribution is 2.27. The lowest BCUT2D eigenvalue weighted by atomic mass is 10.0. The van der Waals surface area contributed by atoms with Gasteiger partial charge in [-0.2, -0.15) is 0 Å². The quantitative estimate of drug-likeness (QED) is 0.875. The van der Waals surface area contributed by atoms with Gasteiger partial charge >= 0.3 is 0 Å². The molecule has 0 amide bonds. The molecular formula is C18H21ClFNO3S. The molecule has 1 N–H and O–H groups in total. The van der Waals surface area contributed by atoms with Crippen LogP contribution < -0.4 is 10.1 Å². The standard InChI is InChI=1S/C18H20FNO3S.ClH/c1-24(21,22)16-6-7-17(18(19)12-16)13-2-4-14(5-3-13)23-15-8-10-20-11-9-15;/h2-7,12,15,20H,8-11H2,1H3;1H. The van der Waals surface area contributed by atoms with E-state index in [1.165, 1.54) is 12.1 Å². The maximum absolute atomic E-state index is 14.2. The fourth-order valence-corrected chi connectivity index (χ4v) is 3.41. The van der Waals surface area contributed by atoms with Crippen LogP contribution in [0.5, 0.6) is 5.75 Å². The first-order valence-electron chi connectivity index (χ1n) is 7.91. The van der Waals surface area contributed by atoms with E-state index in [0.29, 0.717) is 11.1 Å². The number of sulfone groups is 1. The van der Waals surface area contributed by atoms with Crippen molar-refractivity contribution in [1.29, 1.82) is 0 Å². The number of piperidine rings is 1. The Bertz CT molecular complexity index is 819. The van der Waals surface area contributed by atoms with Gasteiger partial charge in [-0.1, -0.05) is 18.2 Å². The molecule has 0 bridgehead atoms. The van der Waals surface area contributed by atoms with Gasteiger partial charge in [0.25, 0.3) is 0 Å². The molecule has 2 aromatic rings. The van der Waals surface area contributed by atoms with Gasteiger partial charge in [-0.25, -0.2) is 12.8 Å². The Morgan fingerprint density at radius 3 is 2.28 bits per heavy atom. The largest absolute Gasteiger partial charge is 0.490 e. The van der Waals surface area contributed by atoms with Crippen LogP contribution in [-0.2, 0) is 9.84 Å². The molecule has 0 aliphatic carbocycles. The zero-order chi connectivity index (χ0) is 17.2. The third-order valence-corrected chi connectivity index (χ3v) is 5.23. The Labute approximate surface area is 153 Å². The number of benzene rings is 2. The Morgan fingerprint density at radius 2 is 1.72 bits per heavy atom. The molecule has 3 rings (SSSR count). The van der Waals surface area contributed by atoms with Gasteiger partial charge in [0.1, 0.15) is 17.7 Å². The lowest BCUT2D eigenvalue weighted by Crippen LogP contribution is -2.34. The second kappa shape index (κ2) is 8.17. The van der Waals surface area contributed by atoms with Crippen LogP contribution in [0.15, 0.2) is 47.4 Å². The summed E-state index contributed by atoms with van der Waals surface area (Å²) in [6, 6.07) is 11.2. The fraction of sp³-hybridized carbons (Fsp3) is 0.333. The van der Waals surface area contributed by atoms with Crippen LogP contribution >= 0.6 is 12.4 Å². The van der Waals surface area contributed by atoms with E-state index in [0.717, 1.165) is 44.0 Å². The summed E-state index contributed by atoms with van der Waals surface area (Å²) in [5, 5.41) is 3.29. The van der Waals surface area contributed by atoms with Crippen molar-refractivity contribution < 1.29 is 17.5 Å². The van der Waals surface area contributed by atoms with Crippen molar-refractivity contribution >= 4 is 22.2 Å². The molecule has 25 heavy (non-hydrogen) atoms. The highest BCUT2D eigenvalue weighted by atomic mass is 35.5. The predicted molar refractivity (Wildman–Crippen MR) is 98.7 cm³/mol. The SMILES string of the molecule is CS(=O)(=O)c1ccc(-c2ccc(OC3CCNCC3)cc2)c(F)c1.Cl. The summed E-state index contributed by atoms with van der Waals surface area (Å²) in [6.45, 7) is 1.92. The number of rotatable bonds is 4. The maximum atomic E-state index is 14.2. The van der Waals surface area contributed by atoms with E-state index >= 15 is 0 Å². The smallest absolute Gasteiger partial charge is 0.175 e. The number of nitrogens with one attached hydrogen (secondary N) is 1. The molecule has 7 heteroatoms. The number of hydrogen-bond acceptors (Lipinski definition) is 4. The van der Waals surface area contributed by atoms with Crippen molar-refractivity contribution in [2.24, 2.45) is 0 Å². The molecule has 0 atom stereocenters. The minimum Gasteiger partial charge on any atom is -0.490 e. The van der Waals surface area contributed by atoms with Crippen LogP contribution in [0.3, 0.4) is 0 Å². The Balaban J connectivity index is 0.00000225. The summed E-state index contributed by atoms with van der Waals surface area (Å²) in [5.41, 5.74) is 1.06. The van der Waals surface area contributed by atoms with Crippen LogP contribution in [0.4, 0.5) is 4.39 Å². The molecule has 136 valence electrons. The van der Waals surface area contributed by atoms with Gasteiger partial charge in [0.2, 0.25) is 0 Å². The summed E-state index contributed by atoms with van der Waals surface area (Å²) < 4.78 is 43.1. The first-order valence-corrected chi connectivity index (χ1v) is 9.80. The van der Waals surface area contributed by atoms with Crippen molar-refractivity contribution in [3.8, 4) is 16.9 Å². The van der Waals surface area contributed by atoms with Crippen molar-refractivity contribution in [1.82, 2.24) is 5.32 Å². The number of hydrogen-bond donors (Lipinski definition) is 1. The molecule has 0 saturated carbocycles. The van der Waals surface area contributed by atoms with E-state index in [-0.39, 0.29) is 23.4 Å². The summed E-state index contributed by atoms with van der Waals surface area (Å²) >= 11 is 0. The van der Waals surface area contributed by atoms with E-state index in [2.05, 4.69) is 5.32 Å². The highest BCUT2D eigenvalue weighted by Gasteiger charge is 2.15. The van der Waals surface area contributed by atoms with Gasteiger partial charge in [0, 0.05) is 11.8 Å². The van der Waals surface area contributed by atoms with Gasteiger partial charge in [0.05, 0.1) is 4.90 Å². The topological polar surface area (TPSA) is 55.4 Å². The van der Waals surface area contributed by atoms with Gasteiger partial charge in [0.15, 0.2) is 9.84 Å². The van der Waals surface area contributed by atoms with Crippen LogP contribution in [-0.4, -0.2) is 33.9 Å². The molecule has 0 aromatic heterocycles. The first-order chi connectivity index (χ1) is 11.4. The van der Waals surface area contributed by atoms with Crippen LogP contribution in [0.1, 0.15) is 12.8 Å². The summed E-state index contributed by atoms with van der Waals surface area (Å²) in [4.78, 5) is -0.0189. The molecule has 4 nitrogen and oxygen atoms in total. The molecule has 1 saturated heterocycles. The highest BCUT2D eigenvalue weighted by molar-refractivity contribution is 7.90. The normalized spacial score (nSPS) is 15.4. The van der Waals surface area contributed by atoms with Crippen molar-refractivity contribution in [3.63, 3.8) is 0 Å². The molecular weight excluding hydrogens is 365 g/mol. The molecule has 0 spiro atoms. The average molecular weight is 386 g/mol. The van der Waals surface area contributed by atoms with E-state index < -0.39 is 15.7 Å². The minimum absolute atomic E-state index is 0.